The Morgan fingerprint density at radius 3 is 2.74 bits per heavy atom. The molecule has 0 spiro atoms. The second-order valence-electron chi connectivity index (χ2n) is 10.1. The fourth-order valence-electron chi connectivity index (χ4n) is 4.88. The minimum atomic E-state index is -0.800. The van der Waals surface area contributed by atoms with Gasteiger partial charge in [0.2, 0.25) is 5.43 Å². The number of ether oxygens (including phenoxy) is 3. The number of pyridine rings is 1. The van der Waals surface area contributed by atoms with Crippen LogP contribution in [0, 0.1) is 11.7 Å². The number of fused-ring (bicyclic) bond motifs is 1. The molecule has 1 aromatic carbocycles. The molecule has 9 heteroatoms. The summed E-state index contributed by atoms with van der Waals surface area (Å²) in [6.45, 7) is 6.61. The largest absolute Gasteiger partial charge is 0.462 e. The average molecular weight is 550 g/mol. The lowest BCUT2D eigenvalue weighted by Crippen LogP contribution is -2.30. The lowest BCUT2D eigenvalue weighted by molar-refractivity contribution is -0.169. The Labute approximate surface area is 226 Å². The molecule has 2 aromatic rings. The van der Waals surface area contributed by atoms with Gasteiger partial charge in [0.1, 0.15) is 17.2 Å². The van der Waals surface area contributed by atoms with Gasteiger partial charge in [-0.1, -0.05) is 26.0 Å². The average Bonchev–Trinajstić information content (AvgIpc) is 2.89. The predicted molar refractivity (Wildman–Crippen MR) is 143 cm³/mol. The highest BCUT2D eigenvalue weighted by Gasteiger charge is 2.26. The molecule has 1 fully saturated rings. The molecule has 3 unspecified atom stereocenters. The van der Waals surface area contributed by atoms with Gasteiger partial charge in [0.05, 0.1) is 30.1 Å². The first-order chi connectivity index (χ1) is 18.2. The molecule has 0 bridgehead atoms. The number of hydrogen-bond donors (Lipinski definition) is 0. The van der Waals surface area contributed by atoms with E-state index in [1.54, 1.807) is 23.6 Å². The van der Waals surface area contributed by atoms with Gasteiger partial charge in [-0.2, -0.15) is 0 Å². The van der Waals surface area contributed by atoms with E-state index in [9.17, 15) is 14.0 Å². The number of esters is 1. The predicted octanol–water partition coefficient (Wildman–Crippen LogP) is 6.39. The molecule has 2 aliphatic rings. The van der Waals surface area contributed by atoms with Gasteiger partial charge in [-0.3, -0.25) is 4.79 Å². The zero-order valence-corrected chi connectivity index (χ0v) is 22.7. The summed E-state index contributed by atoms with van der Waals surface area (Å²) in [5.41, 5.74) is -0.00731. The minimum absolute atomic E-state index is 0.00866. The molecule has 1 aliphatic heterocycles. The van der Waals surface area contributed by atoms with Gasteiger partial charge in [0.15, 0.2) is 6.29 Å². The van der Waals surface area contributed by atoms with E-state index in [1.807, 2.05) is 13.8 Å². The maximum absolute atomic E-state index is 15.5. The van der Waals surface area contributed by atoms with E-state index >= 15 is 4.39 Å². The Hall–Kier alpha value is -2.55. The molecule has 0 amide bonds. The van der Waals surface area contributed by atoms with Gasteiger partial charge >= 0.3 is 5.97 Å². The number of hydrogen-bond acceptors (Lipinski definition) is 5. The lowest BCUT2D eigenvalue weighted by atomic mass is 9.96. The van der Waals surface area contributed by atoms with Gasteiger partial charge in [-0.05, 0) is 61.8 Å². The number of benzene rings is 1. The number of rotatable bonds is 9. The van der Waals surface area contributed by atoms with Crippen LogP contribution in [0.25, 0.3) is 10.9 Å². The van der Waals surface area contributed by atoms with E-state index in [1.165, 1.54) is 18.3 Å². The van der Waals surface area contributed by atoms with Crippen molar-refractivity contribution in [3.05, 3.63) is 69.0 Å². The second-order valence-corrected chi connectivity index (χ2v) is 10.6. The van der Waals surface area contributed by atoms with Crippen molar-refractivity contribution in [3.8, 4) is 0 Å². The van der Waals surface area contributed by atoms with Crippen LogP contribution in [0.3, 0.4) is 0 Å². The van der Waals surface area contributed by atoms with Gasteiger partial charge in [0, 0.05) is 24.6 Å². The number of alkyl halides is 1. The van der Waals surface area contributed by atoms with Crippen molar-refractivity contribution in [3.63, 3.8) is 0 Å². The maximum atomic E-state index is 15.5. The van der Waals surface area contributed by atoms with E-state index in [-0.39, 0.29) is 60.0 Å². The Bertz CT molecular complexity index is 1300. The van der Waals surface area contributed by atoms with Crippen LogP contribution in [0.5, 0.6) is 0 Å². The van der Waals surface area contributed by atoms with E-state index in [0.29, 0.717) is 18.5 Å². The molecule has 0 saturated carbocycles. The van der Waals surface area contributed by atoms with Crippen molar-refractivity contribution in [1.82, 2.24) is 4.57 Å². The topological polar surface area (TPSA) is 66.8 Å². The summed E-state index contributed by atoms with van der Waals surface area (Å²) < 4.78 is 48.7. The van der Waals surface area contributed by atoms with E-state index < -0.39 is 28.4 Å². The summed E-state index contributed by atoms with van der Waals surface area (Å²) in [7, 11) is 0. The van der Waals surface area contributed by atoms with Crippen molar-refractivity contribution in [2.45, 2.75) is 70.6 Å². The SMILES string of the molecule is CCOC(=O)c1cn(C(COC2CCCCO2)C(C)C)c2cc(F)c(CC3=C(F)C(Cl)CC=C3)cc2c1=O. The van der Waals surface area contributed by atoms with Crippen LogP contribution >= 0.6 is 11.6 Å². The zero-order valence-electron chi connectivity index (χ0n) is 22.0. The van der Waals surface area contributed by atoms with Crippen LogP contribution < -0.4 is 5.43 Å². The van der Waals surface area contributed by atoms with Crippen LogP contribution in [0.4, 0.5) is 8.78 Å². The number of nitrogens with zero attached hydrogens (tertiary/aromatic N) is 1. The van der Waals surface area contributed by atoms with Crippen LogP contribution in [-0.2, 0) is 20.6 Å². The fourth-order valence-corrected chi connectivity index (χ4v) is 5.13. The molecule has 2 heterocycles. The summed E-state index contributed by atoms with van der Waals surface area (Å²) in [5, 5.41) is -0.652. The van der Waals surface area contributed by atoms with E-state index in [4.69, 9.17) is 25.8 Å². The molecular formula is C29H34ClF2NO5. The number of aromatic nitrogens is 1. The summed E-state index contributed by atoms with van der Waals surface area (Å²) >= 11 is 6.04. The first-order valence-corrected chi connectivity index (χ1v) is 13.6. The van der Waals surface area contributed by atoms with E-state index in [0.717, 1.165) is 19.3 Å². The Balaban J connectivity index is 1.81. The molecule has 1 aromatic heterocycles. The normalized spacial score (nSPS) is 20.8. The van der Waals surface area contributed by atoms with Crippen LogP contribution in [0.1, 0.15) is 68.4 Å². The highest BCUT2D eigenvalue weighted by molar-refractivity contribution is 6.22. The third kappa shape index (κ3) is 6.19. The number of allylic oxidation sites excluding steroid dienone is 4. The molecule has 38 heavy (non-hydrogen) atoms. The quantitative estimate of drug-likeness (QED) is 0.268. The maximum Gasteiger partial charge on any atom is 0.343 e. The monoisotopic (exact) mass is 549 g/mol. The summed E-state index contributed by atoms with van der Waals surface area (Å²) in [6, 6.07) is 2.35. The van der Waals surface area contributed by atoms with Crippen LogP contribution in [-0.4, -0.2) is 42.0 Å². The fraction of sp³-hybridized carbons (Fsp3) is 0.517. The van der Waals surface area contributed by atoms with E-state index in [2.05, 4.69) is 0 Å². The highest BCUT2D eigenvalue weighted by Crippen LogP contribution is 2.31. The van der Waals surface area contributed by atoms with Gasteiger partial charge in [-0.25, -0.2) is 13.6 Å². The molecule has 206 valence electrons. The Kier molecular flexibility index (Phi) is 9.39. The molecule has 0 radical (unpaired) electrons. The smallest absolute Gasteiger partial charge is 0.343 e. The molecule has 1 saturated heterocycles. The first kappa shape index (κ1) is 28.5. The molecule has 1 aliphatic carbocycles. The van der Waals surface area contributed by atoms with Gasteiger partial charge in [0.25, 0.3) is 0 Å². The van der Waals surface area contributed by atoms with Crippen molar-refractivity contribution >= 4 is 28.5 Å². The number of carbonyl (C=O) groups is 1. The third-order valence-electron chi connectivity index (χ3n) is 7.04. The molecule has 6 nitrogen and oxygen atoms in total. The van der Waals surface area contributed by atoms with Crippen molar-refractivity contribution in [1.29, 1.82) is 0 Å². The molecule has 4 rings (SSSR count). The van der Waals surface area contributed by atoms with Crippen molar-refractivity contribution in [2.24, 2.45) is 5.92 Å². The first-order valence-electron chi connectivity index (χ1n) is 13.2. The standard InChI is InChI=1S/C29H34ClF2NO5/c1-4-36-29(35)21-15-33(25(17(2)3)16-38-26-10-5-6-11-37-26)24-14-23(31)19(13-20(24)28(21)34)12-18-8-7-9-22(30)27(18)32/h7-8,13-15,17,22,25-26H,4-6,9-12,16H2,1-3H3. The number of carbonyl (C=O) groups excluding carboxylic acids is 1. The number of halogens is 3. The minimum Gasteiger partial charge on any atom is -0.462 e. The lowest BCUT2D eigenvalue weighted by Gasteiger charge is -2.30. The molecule has 0 N–H and O–H groups in total. The van der Waals surface area contributed by atoms with Gasteiger partial charge < -0.3 is 18.8 Å². The van der Waals surface area contributed by atoms with Crippen molar-refractivity contribution in [2.75, 3.05) is 19.8 Å². The summed E-state index contributed by atoms with van der Waals surface area (Å²) in [6.07, 6.45) is 7.49. The van der Waals surface area contributed by atoms with Gasteiger partial charge in [-0.15, -0.1) is 11.6 Å². The molecule has 3 atom stereocenters. The Morgan fingerprint density at radius 1 is 1.26 bits per heavy atom. The summed E-state index contributed by atoms with van der Waals surface area (Å²) in [5.74, 6) is -1.84. The second kappa shape index (κ2) is 12.5. The summed E-state index contributed by atoms with van der Waals surface area (Å²) in [4.78, 5) is 26.2. The van der Waals surface area contributed by atoms with Crippen LogP contribution in [0.15, 0.2) is 46.7 Å². The van der Waals surface area contributed by atoms with Crippen molar-refractivity contribution < 1.29 is 27.8 Å². The highest BCUT2D eigenvalue weighted by atomic mass is 35.5. The third-order valence-corrected chi connectivity index (χ3v) is 7.41. The zero-order chi connectivity index (χ0) is 27.4. The van der Waals surface area contributed by atoms with Crippen LogP contribution in [0.2, 0.25) is 0 Å². The Morgan fingerprint density at radius 2 is 2.05 bits per heavy atom. The molecular weight excluding hydrogens is 516 g/mol.